The number of aliphatic imine (C=N–C) groups is 2. The number of amidine groups is 1. The van der Waals surface area contributed by atoms with Crippen LogP contribution in [0, 0.1) is 0 Å². The maximum Gasteiger partial charge on any atom is 0.326 e. The van der Waals surface area contributed by atoms with Crippen LogP contribution in [0.1, 0.15) is 76.2 Å². The van der Waals surface area contributed by atoms with Gasteiger partial charge in [-0.2, -0.15) is 0 Å². The molecule has 4 rings (SSSR count). The number of ketones is 1. The Morgan fingerprint density at radius 3 is 1.89 bits per heavy atom. The molecule has 1 atom stereocenters. The summed E-state index contributed by atoms with van der Waals surface area (Å²) in [6.07, 6.45) is 1.86. The average Bonchev–Trinajstić information content (AvgIpc) is 3.53. The minimum Gasteiger partial charge on any atom is -0.480 e. The van der Waals surface area contributed by atoms with Crippen LogP contribution >= 0.6 is 11.3 Å². The van der Waals surface area contributed by atoms with E-state index in [1.807, 2.05) is 73.7 Å². The van der Waals surface area contributed by atoms with E-state index < -0.39 is 17.9 Å². The van der Waals surface area contributed by atoms with Gasteiger partial charge >= 0.3 is 5.97 Å². The summed E-state index contributed by atoms with van der Waals surface area (Å²) in [5.74, 6) is -1.03. The van der Waals surface area contributed by atoms with E-state index in [2.05, 4.69) is 42.8 Å². The predicted molar refractivity (Wildman–Crippen MR) is 184 cm³/mol. The molecule has 0 radical (unpaired) electrons. The highest BCUT2D eigenvalue weighted by Gasteiger charge is 2.24. The number of carboxylic acids is 1. The van der Waals surface area contributed by atoms with Gasteiger partial charge in [0.25, 0.3) is 5.91 Å². The van der Waals surface area contributed by atoms with Gasteiger partial charge in [0.1, 0.15) is 6.04 Å². The highest BCUT2D eigenvalue weighted by atomic mass is 32.1. The second kappa shape index (κ2) is 14.2. The standard InChI is InChI=1S/C37H37N3O4S/c1-23(26-11-15-28(16-12-26)29-17-13-27(14-18-29)24(2)41)22-39-34(38-6)30-9-7-25(8-10-30)21-31(36(43)44)40-35(42)32-19-20-33(45-32)37(3,4)5/h7-20,22,31H,6,21H2,1-5H3,(H,40,42)(H,43,44)/b23-22+,39-34?/t31-/m0/s1. The van der Waals surface area contributed by atoms with Crippen molar-refractivity contribution in [2.24, 2.45) is 9.98 Å². The summed E-state index contributed by atoms with van der Waals surface area (Å²) in [6.45, 7) is 13.4. The molecule has 1 amide bonds. The third-order valence-electron chi connectivity index (χ3n) is 7.32. The van der Waals surface area contributed by atoms with Crippen LogP contribution in [0.15, 0.2) is 101 Å². The van der Waals surface area contributed by atoms with Crippen molar-refractivity contribution >= 4 is 47.1 Å². The van der Waals surface area contributed by atoms with Crippen LogP contribution in [0.3, 0.4) is 0 Å². The van der Waals surface area contributed by atoms with Crippen LogP contribution in [0.2, 0.25) is 0 Å². The van der Waals surface area contributed by atoms with E-state index in [1.54, 1.807) is 31.3 Å². The maximum absolute atomic E-state index is 12.8. The Balaban J connectivity index is 1.42. The number of Topliss-reactive ketones (excluding diaryl/α,β-unsaturated/α-hetero) is 1. The number of allylic oxidation sites excluding steroid dienone is 1. The summed E-state index contributed by atoms with van der Waals surface area (Å²) in [5.41, 5.74) is 6.09. The number of rotatable bonds is 10. The number of carbonyl (C=O) groups excluding carboxylic acids is 2. The van der Waals surface area contributed by atoms with Crippen molar-refractivity contribution in [2.75, 3.05) is 0 Å². The van der Waals surface area contributed by atoms with Crippen LogP contribution in [0.25, 0.3) is 16.7 Å². The molecule has 3 aromatic carbocycles. The number of thiophene rings is 1. The van der Waals surface area contributed by atoms with Crippen molar-refractivity contribution in [1.82, 2.24) is 5.32 Å². The second-order valence-electron chi connectivity index (χ2n) is 11.8. The van der Waals surface area contributed by atoms with Gasteiger partial charge in [-0.05, 0) is 65.9 Å². The molecule has 7 nitrogen and oxygen atoms in total. The normalized spacial score (nSPS) is 12.8. The van der Waals surface area contributed by atoms with Crippen molar-refractivity contribution < 1.29 is 19.5 Å². The summed E-state index contributed by atoms with van der Waals surface area (Å²) in [7, 11) is 0. The Bertz CT molecular complexity index is 1760. The Hall–Kier alpha value is -4.95. The molecule has 0 aliphatic rings. The molecular formula is C37H37N3O4S. The minimum absolute atomic E-state index is 0.0413. The Kier molecular flexibility index (Phi) is 10.4. The summed E-state index contributed by atoms with van der Waals surface area (Å²) in [6, 6.07) is 25.4. The number of hydrogen-bond donors (Lipinski definition) is 2. The van der Waals surface area contributed by atoms with E-state index >= 15 is 0 Å². The molecule has 4 aromatic rings. The molecule has 0 spiro atoms. The Morgan fingerprint density at radius 1 is 0.844 bits per heavy atom. The topological polar surface area (TPSA) is 108 Å². The van der Waals surface area contributed by atoms with Gasteiger partial charge in [-0.25, -0.2) is 14.8 Å². The van der Waals surface area contributed by atoms with Crippen LogP contribution in [0.4, 0.5) is 0 Å². The quantitative estimate of drug-likeness (QED) is 0.107. The van der Waals surface area contributed by atoms with Gasteiger partial charge in [-0.3, -0.25) is 9.59 Å². The van der Waals surface area contributed by atoms with Gasteiger partial charge in [-0.1, -0.05) is 93.6 Å². The molecule has 0 bridgehead atoms. The van der Waals surface area contributed by atoms with Gasteiger partial charge < -0.3 is 10.4 Å². The molecule has 230 valence electrons. The zero-order valence-corrected chi connectivity index (χ0v) is 26.9. The fourth-order valence-corrected chi connectivity index (χ4v) is 5.55. The summed E-state index contributed by atoms with van der Waals surface area (Å²) >= 11 is 1.37. The van der Waals surface area contributed by atoms with Gasteiger partial charge in [0.05, 0.1) is 4.88 Å². The highest BCUT2D eigenvalue weighted by Crippen LogP contribution is 2.29. The van der Waals surface area contributed by atoms with Crippen molar-refractivity contribution in [3.63, 3.8) is 0 Å². The lowest BCUT2D eigenvalue weighted by atomic mass is 9.95. The number of nitrogens with one attached hydrogen (secondary N) is 1. The lowest BCUT2D eigenvalue weighted by Crippen LogP contribution is -2.42. The molecule has 0 unspecified atom stereocenters. The van der Waals surface area contributed by atoms with E-state index in [-0.39, 0.29) is 17.6 Å². The van der Waals surface area contributed by atoms with Gasteiger partial charge in [0.15, 0.2) is 11.6 Å². The fraction of sp³-hybridized carbons (Fsp3) is 0.216. The zero-order valence-electron chi connectivity index (χ0n) is 26.1. The first-order chi connectivity index (χ1) is 21.3. The van der Waals surface area contributed by atoms with Gasteiger partial charge in [0.2, 0.25) is 0 Å². The van der Waals surface area contributed by atoms with Crippen LogP contribution in [-0.4, -0.2) is 41.4 Å². The number of benzene rings is 3. The molecule has 0 saturated heterocycles. The smallest absolute Gasteiger partial charge is 0.326 e. The van der Waals surface area contributed by atoms with Crippen molar-refractivity contribution in [3.8, 4) is 11.1 Å². The Labute approximate surface area is 268 Å². The highest BCUT2D eigenvalue weighted by molar-refractivity contribution is 7.14. The first-order valence-corrected chi connectivity index (χ1v) is 15.3. The van der Waals surface area contributed by atoms with E-state index in [1.165, 1.54) is 11.3 Å². The van der Waals surface area contributed by atoms with Gasteiger partial charge in [0, 0.05) is 28.6 Å². The zero-order chi connectivity index (χ0) is 32.7. The van der Waals surface area contributed by atoms with Crippen molar-refractivity contribution in [2.45, 2.75) is 52.5 Å². The van der Waals surface area contributed by atoms with Crippen molar-refractivity contribution in [1.29, 1.82) is 0 Å². The first kappa shape index (κ1) is 33.0. The lowest BCUT2D eigenvalue weighted by molar-refractivity contribution is -0.139. The molecule has 8 heteroatoms. The molecule has 45 heavy (non-hydrogen) atoms. The number of carboxylic acid groups (broad SMARTS) is 1. The fourth-order valence-electron chi connectivity index (χ4n) is 4.58. The number of nitrogens with zero attached hydrogens (tertiary/aromatic N) is 2. The minimum atomic E-state index is -1.10. The summed E-state index contributed by atoms with van der Waals surface area (Å²) in [4.78, 5) is 46.5. The summed E-state index contributed by atoms with van der Waals surface area (Å²) < 4.78 is 0. The molecule has 1 heterocycles. The summed E-state index contributed by atoms with van der Waals surface area (Å²) in [5, 5.41) is 12.5. The van der Waals surface area contributed by atoms with Crippen molar-refractivity contribution in [3.05, 3.63) is 123 Å². The molecular weight excluding hydrogens is 582 g/mol. The SMILES string of the molecule is C=NC(=N/C=C(\C)c1ccc(-c2ccc(C(C)=O)cc2)cc1)c1ccc(C[C@H](NC(=O)c2ccc(C(C)(C)C)s2)C(=O)O)cc1. The van der Waals surface area contributed by atoms with E-state index in [9.17, 15) is 19.5 Å². The average molecular weight is 620 g/mol. The van der Waals surface area contributed by atoms with Gasteiger partial charge in [-0.15, -0.1) is 11.3 Å². The maximum atomic E-state index is 12.8. The van der Waals surface area contributed by atoms with Crippen LogP contribution in [0.5, 0.6) is 0 Å². The predicted octanol–water partition coefficient (Wildman–Crippen LogP) is 7.85. The number of amides is 1. The number of aliphatic carboxylic acids is 1. The molecule has 0 saturated carbocycles. The third-order valence-corrected chi connectivity index (χ3v) is 8.83. The molecule has 0 aliphatic carbocycles. The third kappa shape index (κ3) is 8.58. The Morgan fingerprint density at radius 2 is 1.40 bits per heavy atom. The molecule has 0 aliphatic heterocycles. The number of carbonyl (C=O) groups is 3. The lowest BCUT2D eigenvalue weighted by Gasteiger charge is -2.16. The second-order valence-corrected chi connectivity index (χ2v) is 12.9. The molecule has 0 fully saturated rings. The van der Waals surface area contributed by atoms with Crippen LogP contribution in [-0.2, 0) is 16.6 Å². The van der Waals surface area contributed by atoms with E-state index in [0.29, 0.717) is 16.3 Å². The molecule has 2 N–H and O–H groups in total. The van der Waals surface area contributed by atoms with Crippen LogP contribution < -0.4 is 5.32 Å². The number of hydrogen-bond acceptors (Lipinski definition) is 5. The van der Waals surface area contributed by atoms with E-state index in [0.717, 1.165) is 38.3 Å². The first-order valence-electron chi connectivity index (χ1n) is 14.5. The van der Waals surface area contributed by atoms with E-state index in [4.69, 9.17) is 0 Å². The monoisotopic (exact) mass is 619 g/mol. The largest absolute Gasteiger partial charge is 0.480 e. The molecule has 1 aromatic heterocycles.